The summed E-state index contributed by atoms with van der Waals surface area (Å²) in [5, 5.41) is 10.2. The number of halogens is 1. The van der Waals surface area contributed by atoms with Crippen LogP contribution in [0.25, 0.3) is 0 Å². The lowest BCUT2D eigenvalue weighted by Crippen LogP contribution is -2.49. The molecule has 2 aliphatic rings. The average molecular weight is 406 g/mol. The van der Waals surface area contributed by atoms with Gasteiger partial charge in [0.1, 0.15) is 5.82 Å². The molecule has 1 aromatic heterocycles. The molecule has 0 atom stereocenters. The summed E-state index contributed by atoms with van der Waals surface area (Å²) in [5.41, 5.74) is 1.12. The highest BCUT2D eigenvalue weighted by atomic mass is 35.5. The van der Waals surface area contributed by atoms with Gasteiger partial charge in [-0.3, -0.25) is 4.79 Å². The third kappa shape index (κ3) is 4.41. The van der Waals surface area contributed by atoms with Crippen molar-refractivity contribution in [1.29, 1.82) is 0 Å². The molecule has 1 amide bonds. The van der Waals surface area contributed by atoms with Crippen molar-refractivity contribution in [2.45, 2.75) is 37.4 Å². The normalized spacial score (nSPS) is 17.5. The molecule has 0 unspecified atom stereocenters. The monoisotopic (exact) mass is 405 g/mol. The van der Waals surface area contributed by atoms with Crippen molar-refractivity contribution in [1.82, 2.24) is 19.7 Å². The Balaban J connectivity index is 1.29. The molecule has 6 nitrogen and oxygen atoms in total. The maximum atomic E-state index is 12.6. The fourth-order valence-electron chi connectivity index (χ4n) is 3.67. The number of carbonyl (C=O) groups excluding carboxylic acids is 1. The molecule has 2 aliphatic heterocycles. The van der Waals surface area contributed by atoms with Crippen LogP contribution in [0.1, 0.15) is 25.1 Å². The second-order valence-electron chi connectivity index (χ2n) is 7.00. The summed E-state index contributed by atoms with van der Waals surface area (Å²) in [6.07, 6.45) is 4.58. The van der Waals surface area contributed by atoms with E-state index in [1.54, 1.807) is 0 Å². The van der Waals surface area contributed by atoms with E-state index < -0.39 is 0 Å². The second-order valence-corrected chi connectivity index (χ2v) is 8.38. The predicted molar refractivity (Wildman–Crippen MR) is 109 cm³/mol. The van der Waals surface area contributed by atoms with E-state index in [2.05, 4.69) is 25.7 Å². The number of nitrogens with zero attached hydrogens (tertiary/aromatic N) is 5. The van der Waals surface area contributed by atoms with E-state index in [4.69, 9.17) is 11.6 Å². The smallest absolute Gasteiger partial charge is 0.233 e. The summed E-state index contributed by atoms with van der Waals surface area (Å²) in [5.74, 6) is 1.67. The topological polar surface area (TPSA) is 54.3 Å². The molecule has 0 aliphatic carbocycles. The van der Waals surface area contributed by atoms with E-state index in [1.165, 1.54) is 24.6 Å². The van der Waals surface area contributed by atoms with Crippen LogP contribution >= 0.6 is 23.4 Å². The summed E-state index contributed by atoms with van der Waals surface area (Å²) in [4.78, 5) is 16.9. The summed E-state index contributed by atoms with van der Waals surface area (Å²) >= 11 is 7.61. The Kier molecular flexibility index (Phi) is 5.88. The number of benzene rings is 1. The van der Waals surface area contributed by atoms with Crippen molar-refractivity contribution in [3.8, 4) is 0 Å². The third-order valence-corrected chi connectivity index (χ3v) is 6.39. The molecular weight excluding hydrogens is 382 g/mol. The molecule has 1 fully saturated rings. The van der Waals surface area contributed by atoms with Crippen molar-refractivity contribution < 1.29 is 4.79 Å². The molecule has 144 valence electrons. The number of rotatable bonds is 4. The van der Waals surface area contributed by atoms with E-state index >= 15 is 0 Å². The predicted octanol–water partition coefficient (Wildman–Crippen LogP) is 3.10. The zero-order chi connectivity index (χ0) is 18.6. The van der Waals surface area contributed by atoms with Gasteiger partial charge in [0.2, 0.25) is 5.91 Å². The van der Waals surface area contributed by atoms with Crippen molar-refractivity contribution in [3.63, 3.8) is 0 Å². The molecule has 2 aromatic rings. The maximum absolute atomic E-state index is 12.6. The van der Waals surface area contributed by atoms with Gasteiger partial charge in [-0.15, -0.1) is 10.2 Å². The van der Waals surface area contributed by atoms with Crippen LogP contribution in [0.5, 0.6) is 0 Å². The highest BCUT2D eigenvalue weighted by Crippen LogP contribution is 2.23. The van der Waals surface area contributed by atoms with Crippen LogP contribution in [0.2, 0.25) is 5.02 Å². The van der Waals surface area contributed by atoms with Gasteiger partial charge in [-0.2, -0.15) is 0 Å². The molecule has 0 N–H and O–H groups in total. The number of anilines is 1. The number of hydrogen-bond acceptors (Lipinski definition) is 5. The summed E-state index contributed by atoms with van der Waals surface area (Å²) in [7, 11) is 0. The van der Waals surface area contributed by atoms with Crippen LogP contribution in [0.3, 0.4) is 0 Å². The number of carbonyl (C=O) groups is 1. The molecule has 4 rings (SSSR count). The largest absolute Gasteiger partial charge is 0.368 e. The number of thioether (sulfide) groups is 1. The maximum Gasteiger partial charge on any atom is 0.233 e. The zero-order valence-electron chi connectivity index (χ0n) is 15.3. The third-order valence-electron chi connectivity index (χ3n) is 5.21. The molecule has 8 heteroatoms. The van der Waals surface area contributed by atoms with Crippen molar-refractivity contribution in [2.75, 3.05) is 36.8 Å². The first-order valence-electron chi connectivity index (χ1n) is 9.54. The molecule has 0 radical (unpaired) electrons. The first kappa shape index (κ1) is 18.6. The summed E-state index contributed by atoms with van der Waals surface area (Å²) < 4.78 is 2.20. The molecule has 0 saturated carbocycles. The van der Waals surface area contributed by atoms with Crippen LogP contribution in [0.4, 0.5) is 5.69 Å². The molecular formula is C19H24ClN5OS. The fourth-order valence-corrected chi connectivity index (χ4v) is 4.74. The summed E-state index contributed by atoms with van der Waals surface area (Å²) in [6.45, 7) is 4.11. The van der Waals surface area contributed by atoms with E-state index in [0.29, 0.717) is 5.75 Å². The number of amides is 1. The van der Waals surface area contributed by atoms with E-state index in [1.807, 2.05) is 23.1 Å². The van der Waals surface area contributed by atoms with Gasteiger partial charge in [0.25, 0.3) is 0 Å². The van der Waals surface area contributed by atoms with Crippen molar-refractivity contribution in [2.24, 2.45) is 0 Å². The minimum atomic E-state index is 0.178. The van der Waals surface area contributed by atoms with E-state index in [-0.39, 0.29) is 5.91 Å². The Morgan fingerprint density at radius 2 is 1.93 bits per heavy atom. The SMILES string of the molecule is O=C(CSc1nnc2n1CCCCC2)N1CCN(c2cccc(Cl)c2)CC1. The standard InChI is InChI=1S/C19H24ClN5OS/c20-15-5-4-6-16(13-15)23-9-11-24(12-10-23)18(26)14-27-19-22-21-17-7-2-1-3-8-25(17)19/h4-6,13H,1-3,7-12,14H2. The van der Waals surface area contributed by atoms with Crippen molar-refractivity contribution in [3.05, 3.63) is 35.1 Å². The first-order chi connectivity index (χ1) is 13.2. The first-order valence-corrected chi connectivity index (χ1v) is 10.9. The minimum absolute atomic E-state index is 0.178. The Hall–Kier alpha value is -1.73. The number of fused-ring (bicyclic) bond motifs is 1. The van der Waals surface area contributed by atoms with Crippen molar-refractivity contribution >= 4 is 35.0 Å². The quantitative estimate of drug-likeness (QED) is 0.731. The fraction of sp³-hybridized carbons (Fsp3) is 0.526. The minimum Gasteiger partial charge on any atom is -0.368 e. The highest BCUT2D eigenvalue weighted by molar-refractivity contribution is 7.99. The Morgan fingerprint density at radius 3 is 2.74 bits per heavy atom. The average Bonchev–Trinajstić information content (AvgIpc) is 2.92. The van der Waals surface area contributed by atoms with Gasteiger partial charge in [0.05, 0.1) is 5.75 Å². The van der Waals surface area contributed by atoms with Crippen LogP contribution in [0.15, 0.2) is 29.4 Å². The van der Waals surface area contributed by atoms with E-state index in [9.17, 15) is 4.79 Å². The van der Waals surface area contributed by atoms with Gasteiger partial charge in [-0.1, -0.05) is 35.9 Å². The van der Waals surface area contributed by atoms with Crippen LogP contribution in [-0.4, -0.2) is 57.5 Å². The molecule has 1 saturated heterocycles. The molecule has 27 heavy (non-hydrogen) atoms. The Labute approximate surface area is 168 Å². The Bertz CT molecular complexity index is 803. The molecule has 3 heterocycles. The highest BCUT2D eigenvalue weighted by Gasteiger charge is 2.23. The summed E-state index contributed by atoms with van der Waals surface area (Å²) in [6, 6.07) is 7.89. The lowest BCUT2D eigenvalue weighted by molar-refractivity contribution is -0.128. The van der Waals surface area contributed by atoms with Gasteiger partial charge < -0.3 is 14.4 Å². The molecule has 0 bridgehead atoms. The number of piperazine rings is 1. The number of hydrogen-bond donors (Lipinski definition) is 0. The number of aryl methyl sites for hydroxylation is 1. The zero-order valence-corrected chi connectivity index (χ0v) is 16.9. The van der Waals surface area contributed by atoms with Gasteiger partial charge in [0.15, 0.2) is 5.16 Å². The lowest BCUT2D eigenvalue weighted by atomic mass is 10.2. The van der Waals surface area contributed by atoms with Gasteiger partial charge in [0, 0.05) is 49.9 Å². The van der Waals surface area contributed by atoms with Crippen LogP contribution in [0, 0.1) is 0 Å². The van der Waals surface area contributed by atoms with Crippen LogP contribution < -0.4 is 4.90 Å². The lowest BCUT2D eigenvalue weighted by Gasteiger charge is -2.36. The Morgan fingerprint density at radius 1 is 1.07 bits per heavy atom. The molecule has 0 spiro atoms. The number of aromatic nitrogens is 3. The van der Waals surface area contributed by atoms with E-state index in [0.717, 1.165) is 67.3 Å². The van der Waals surface area contributed by atoms with Gasteiger partial charge in [-0.25, -0.2) is 0 Å². The molecule has 1 aromatic carbocycles. The van der Waals surface area contributed by atoms with Gasteiger partial charge in [-0.05, 0) is 31.0 Å². The second kappa shape index (κ2) is 8.52. The van der Waals surface area contributed by atoms with Gasteiger partial charge >= 0.3 is 0 Å². The van der Waals surface area contributed by atoms with Crippen LogP contribution in [-0.2, 0) is 17.8 Å².